The van der Waals surface area contributed by atoms with Gasteiger partial charge in [0.25, 0.3) is 0 Å². The average Bonchev–Trinajstić information content (AvgIpc) is 2.14. The minimum absolute atomic E-state index is 0.104. The predicted molar refractivity (Wildman–Crippen MR) is 45.1 cm³/mol. The molecule has 74 valence electrons. The highest BCUT2D eigenvalue weighted by Crippen LogP contribution is 2.29. The first-order valence-electron chi connectivity index (χ1n) is 3.83. The Labute approximate surface area is 75.9 Å². The number of aldehydes is 2. The number of hydrogen-bond acceptors (Lipinski definition) is 4. The average molecular weight is 187 g/mol. The second-order valence-corrected chi connectivity index (χ2v) is 3.18. The van der Waals surface area contributed by atoms with Crippen LogP contribution < -0.4 is 5.73 Å². The van der Waals surface area contributed by atoms with Gasteiger partial charge < -0.3 is 20.4 Å². The molecule has 0 aromatic heterocycles. The molecule has 2 atom stereocenters. The molecule has 0 saturated heterocycles. The van der Waals surface area contributed by atoms with Crippen molar-refractivity contribution >= 4 is 18.5 Å². The maximum absolute atomic E-state index is 10.7. The lowest BCUT2D eigenvalue weighted by Gasteiger charge is -2.33. The number of carbonyl (C=O) groups is 3. The first-order valence-corrected chi connectivity index (χ1v) is 3.83. The van der Waals surface area contributed by atoms with E-state index >= 15 is 0 Å². The molecule has 0 aliphatic rings. The Hall–Kier alpha value is -1.23. The molecule has 5 nitrogen and oxygen atoms in total. The van der Waals surface area contributed by atoms with Crippen LogP contribution in [0.25, 0.3) is 0 Å². The van der Waals surface area contributed by atoms with E-state index in [2.05, 4.69) is 0 Å². The number of nitrogens with two attached hydrogens (primary N) is 1. The van der Waals surface area contributed by atoms with Crippen molar-refractivity contribution in [3.63, 3.8) is 0 Å². The van der Waals surface area contributed by atoms with Crippen molar-refractivity contribution in [2.75, 3.05) is 0 Å². The molecule has 0 amide bonds. The summed E-state index contributed by atoms with van der Waals surface area (Å²) in [7, 11) is 0. The van der Waals surface area contributed by atoms with Crippen LogP contribution in [0.3, 0.4) is 0 Å². The summed E-state index contributed by atoms with van der Waals surface area (Å²) in [5.74, 6) is -1.49. The van der Waals surface area contributed by atoms with Gasteiger partial charge in [0.1, 0.15) is 6.29 Å². The van der Waals surface area contributed by atoms with Gasteiger partial charge in [0.2, 0.25) is 0 Å². The van der Waals surface area contributed by atoms with Crippen molar-refractivity contribution < 1.29 is 19.5 Å². The van der Waals surface area contributed by atoms with Gasteiger partial charge in [-0.15, -0.1) is 0 Å². The molecule has 2 unspecified atom stereocenters. The van der Waals surface area contributed by atoms with E-state index in [9.17, 15) is 14.4 Å². The van der Waals surface area contributed by atoms with E-state index in [1.807, 2.05) is 0 Å². The molecule has 5 heteroatoms. The molecule has 0 radical (unpaired) electrons. The Morgan fingerprint density at radius 2 is 1.92 bits per heavy atom. The fourth-order valence-corrected chi connectivity index (χ4v) is 0.903. The normalized spacial score (nSPS) is 19.6. The molecular formula is C8H13NO4. The number of hydrogen-bond donors (Lipinski definition) is 2. The third kappa shape index (κ3) is 1.60. The van der Waals surface area contributed by atoms with Crippen molar-refractivity contribution in [3.05, 3.63) is 0 Å². The molecule has 0 heterocycles. The highest BCUT2D eigenvalue weighted by atomic mass is 16.4. The zero-order valence-electron chi connectivity index (χ0n) is 7.61. The summed E-state index contributed by atoms with van der Waals surface area (Å²) in [6.45, 7) is 2.95. The van der Waals surface area contributed by atoms with Gasteiger partial charge in [0.05, 0.1) is 5.41 Å². The maximum atomic E-state index is 10.7. The van der Waals surface area contributed by atoms with E-state index in [-0.39, 0.29) is 12.7 Å². The summed E-state index contributed by atoms with van der Waals surface area (Å²) in [6.07, 6.45) is 0.709. The fourth-order valence-electron chi connectivity index (χ4n) is 0.903. The molecule has 0 aromatic carbocycles. The molecule has 0 rings (SSSR count). The van der Waals surface area contributed by atoms with Gasteiger partial charge in [-0.1, -0.05) is 13.8 Å². The maximum Gasteiger partial charge on any atom is 0.332 e. The van der Waals surface area contributed by atoms with Crippen molar-refractivity contribution in [2.45, 2.75) is 25.8 Å². The van der Waals surface area contributed by atoms with Crippen LogP contribution in [0.4, 0.5) is 0 Å². The molecule has 0 fully saturated rings. The summed E-state index contributed by atoms with van der Waals surface area (Å²) >= 11 is 0. The Bertz CT molecular complexity index is 240. The first kappa shape index (κ1) is 11.8. The summed E-state index contributed by atoms with van der Waals surface area (Å²) in [5, 5.41) is 8.72. The van der Waals surface area contributed by atoms with Crippen molar-refractivity contribution in [1.82, 2.24) is 0 Å². The fraction of sp³-hybridized carbons (Fsp3) is 0.625. The summed E-state index contributed by atoms with van der Waals surface area (Å²) in [6, 6.07) is 0. The monoisotopic (exact) mass is 187 g/mol. The van der Waals surface area contributed by atoms with E-state index in [4.69, 9.17) is 10.8 Å². The van der Waals surface area contributed by atoms with Crippen LogP contribution in [0.15, 0.2) is 0 Å². The third-order valence-corrected chi connectivity index (χ3v) is 2.48. The molecule has 0 saturated carbocycles. The number of rotatable bonds is 5. The van der Waals surface area contributed by atoms with Crippen LogP contribution in [0.1, 0.15) is 20.3 Å². The van der Waals surface area contributed by atoms with E-state index in [0.717, 1.165) is 0 Å². The van der Waals surface area contributed by atoms with Gasteiger partial charge >= 0.3 is 5.97 Å². The number of carboxylic acid groups (broad SMARTS) is 1. The van der Waals surface area contributed by atoms with Crippen LogP contribution >= 0.6 is 0 Å². The molecule has 0 bridgehead atoms. The number of carbonyl (C=O) groups excluding carboxylic acids is 2. The molecule has 13 heavy (non-hydrogen) atoms. The predicted octanol–water partition coefficient (Wildman–Crippen LogP) is -0.417. The van der Waals surface area contributed by atoms with Crippen LogP contribution in [-0.4, -0.2) is 29.2 Å². The highest BCUT2D eigenvalue weighted by Gasteiger charge is 2.50. The topological polar surface area (TPSA) is 97.5 Å². The minimum Gasteiger partial charge on any atom is -0.480 e. The van der Waals surface area contributed by atoms with Gasteiger partial charge in [-0.05, 0) is 6.42 Å². The van der Waals surface area contributed by atoms with Gasteiger partial charge in [0, 0.05) is 0 Å². The van der Waals surface area contributed by atoms with Gasteiger partial charge in [-0.2, -0.15) is 0 Å². The van der Waals surface area contributed by atoms with Gasteiger partial charge in [0.15, 0.2) is 11.8 Å². The number of carboxylic acids is 1. The largest absolute Gasteiger partial charge is 0.480 e. The van der Waals surface area contributed by atoms with Crippen molar-refractivity contribution in [1.29, 1.82) is 0 Å². The lowest BCUT2D eigenvalue weighted by Crippen LogP contribution is -2.62. The van der Waals surface area contributed by atoms with Crippen molar-refractivity contribution in [2.24, 2.45) is 11.1 Å². The van der Waals surface area contributed by atoms with E-state index in [0.29, 0.717) is 6.29 Å². The standard InChI is InChI=1S/C8H13NO4/c1-3-7(2,4-10)8(9,5-11)6(12)13/h4-5H,3,9H2,1-2H3,(H,12,13). The molecular weight excluding hydrogens is 174 g/mol. The molecule has 0 aliphatic carbocycles. The summed E-state index contributed by atoms with van der Waals surface area (Å²) in [4.78, 5) is 31.9. The lowest BCUT2D eigenvalue weighted by atomic mass is 9.71. The van der Waals surface area contributed by atoms with Gasteiger partial charge in [-0.25, -0.2) is 4.79 Å². The Kier molecular flexibility index (Phi) is 3.31. The second-order valence-electron chi connectivity index (χ2n) is 3.18. The van der Waals surface area contributed by atoms with E-state index < -0.39 is 16.9 Å². The Morgan fingerprint density at radius 1 is 1.46 bits per heavy atom. The first-order chi connectivity index (χ1) is 5.88. The van der Waals surface area contributed by atoms with Crippen molar-refractivity contribution in [3.8, 4) is 0 Å². The molecule has 3 N–H and O–H groups in total. The Morgan fingerprint density at radius 3 is 2.00 bits per heavy atom. The minimum atomic E-state index is -2.14. The molecule has 0 aromatic rings. The third-order valence-electron chi connectivity index (χ3n) is 2.48. The van der Waals surface area contributed by atoms with Crippen LogP contribution in [0.2, 0.25) is 0 Å². The second kappa shape index (κ2) is 3.66. The molecule has 0 spiro atoms. The van der Waals surface area contributed by atoms with Crippen LogP contribution in [0.5, 0.6) is 0 Å². The number of aliphatic carboxylic acids is 1. The zero-order valence-corrected chi connectivity index (χ0v) is 7.61. The zero-order chi connectivity index (χ0) is 10.7. The lowest BCUT2D eigenvalue weighted by molar-refractivity contribution is -0.153. The van der Waals surface area contributed by atoms with Crippen LogP contribution in [0, 0.1) is 5.41 Å². The quantitative estimate of drug-likeness (QED) is 0.450. The SMILES string of the molecule is CCC(C)(C=O)C(N)(C=O)C(=O)O. The molecule has 0 aliphatic heterocycles. The summed E-state index contributed by atoms with van der Waals surface area (Å²) in [5.41, 5.74) is 1.84. The van der Waals surface area contributed by atoms with E-state index in [1.165, 1.54) is 6.92 Å². The Balaban J connectivity index is 5.27. The summed E-state index contributed by atoms with van der Waals surface area (Å²) < 4.78 is 0. The highest BCUT2D eigenvalue weighted by molar-refractivity contribution is 6.01. The van der Waals surface area contributed by atoms with E-state index in [1.54, 1.807) is 6.92 Å². The van der Waals surface area contributed by atoms with Gasteiger partial charge in [-0.3, -0.25) is 0 Å². The smallest absolute Gasteiger partial charge is 0.332 e. The van der Waals surface area contributed by atoms with Crippen LogP contribution in [-0.2, 0) is 14.4 Å².